The minimum absolute atomic E-state index is 0.0555. The first kappa shape index (κ1) is 13.4. The Morgan fingerprint density at radius 3 is 2.33 bits per heavy atom. The van der Waals surface area contributed by atoms with E-state index in [-0.39, 0.29) is 5.41 Å². The van der Waals surface area contributed by atoms with Crippen LogP contribution < -0.4 is 4.74 Å². The molecule has 1 N–H and O–H groups in total. The van der Waals surface area contributed by atoms with Gasteiger partial charge in [-0.05, 0) is 47.9 Å². The van der Waals surface area contributed by atoms with Crippen LogP contribution in [-0.4, -0.2) is 17.8 Å². The van der Waals surface area contributed by atoms with E-state index in [4.69, 9.17) is 4.74 Å². The molecule has 2 rings (SSSR count). The van der Waals surface area contributed by atoms with Crippen molar-refractivity contribution in [3.8, 4) is 5.75 Å². The average molecular weight is 248 g/mol. The summed E-state index contributed by atoms with van der Waals surface area (Å²) in [6, 6.07) is 4.31. The van der Waals surface area contributed by atoms with Gasteiger partial charge in [0.05, 0.1) is 12.7 Å². The fourth-order valence-corrected chi connectivity index (χ4v) is 2.35. The van der Waals surface area contributed by atoms with Crippen molar-refractivity contribution in [1.29, 1.82) is 0 Å². The molecular weight excluding hydrogens is 224 g/mol. The molecule has 1 saturated carbocycles. The van der Waals surface area contributed by atoms with Crippen molar-refractivity contribution >= 4 is 0 Å². The van der Waals surface area contributed by atoms with Crippen molar-refractivity contribution in [2.45, 2.75) is 58.0 Å². The van der Waals surface area contributed by atoms with Gasteiger partial charge in [-0.1, -0.05) is 26.8 Å². The maximum absolute atomic E-state index is 10.1. The van der Waals surface area contributed by atoms with Crippen molar-refractivity contribution in [2.24, 2.45) is 0 Å². The normalized spacial score (nSPS) is 17.7. The number of hydrogen-bond donors (Lipinski definition) is 1. The van der Waals surface area contributed by atoms with Crippen LogP contribution in [0.4, 0.5) is 0 Å². The highest BCUT2D eigenvalue weighted by Gasteiger charge is 2.40. The van der Waals surface area contributed by atoms with Gasteiger partial charge in [-0.2, -0.15) is 0 Å². The van der Waals surface area contributed by atoms with Gasteiger partial charge in [-0.25, -0.2) is 0 Å². The van der Waals surface area contributed by atoms with E-state index in [1.165, 1.54) is 16.7 Å². The second kappa shape index (κ2) is 4.27. The fourth-order valence-electron chi connectivity index (χ4n) is 2.35. The Morgan fingerprint density at radius 1 is 1.28 bits per heavy atom. The number of rotatable bonds is 3. The zero-order valence-electron chi connectivity index (χ0n) is 12.1. The van der Waals surface area contributed by atoms with Gasteiger partial charge in [0.25, 0.3) is 0 Å². The van der Waals surface area contributed by atoms with Gasteiger partial charge >= 0.3 is 0 Å². The number of hydrogen-bond acceptors (Lipinski definition) is 2. The van der Waals surface area contributed by atoms with E-state index in [0.717, 1.165) is 25.0 Å². The van der Waals surface area contributed by atoms with Gasteiger partial charge in [0, 0.05) is 6.42 Å². The molecule has 1 aliphatic rings. The number of benzene rings is 1. The molecular formula is C16H24O2. The third kappa shape index (κ3) is 2.69. The van der Waals surface area contributed by atoms with E-state index in [9.17, 15) is 5.11 Å². The summed E-state index contributed by atoms with van der Waals surface area (Å²) in [6.07, 6.45) is 2.64. The fraction of sp³-hybridized carbons (Fsp3) is 0.625. The van der Waals surface area contributed by atoms with E-state index in [0.29, 0.717) is 0 Å². The topological polar surface area (TPSA) is 29.5 Å². The molecule has 0 aliphatic heterocycles. The molecule has 0 atom stereocenters. The van der Waals surface area contributed by atoms with Crippen molar-refractivity contribution in [2.75, 3.05) is 7.11 Å². The first-order chi connectivity index (χ1) is 8.25. The van der Waals surface area contributed by atoms with Crippen LogP contribution in [0.5, 0.6) is 5.75 Å². The minimum Gasteiger partial charge on any atom is -0.496 e. The zero-order valence-corrected chi connectivity index (χ0v) is 12.1. The highest BCUT2D eigenvalue weighted by Crippen LogP contribution is 2.41. The van der Waals surface area contributed by atoms with E-state index in [1.807, 2.05) is 0 Å². The van der Waals surface area contributed by atoms with Crippen LogP contribution in [0, 0.1) is 6.92 Å². The summed E-state index contributed by atoms with van der Waals surface area (Å²) in [6.45, 7) is 8.66. The maximum Gasteiger partial charge on any atom is 0.122 e. The Hall–Kier alpha value is -1.02. The van der Waals surface area contributed by atoms with Gasteiger partial charge in [-0.3, -0.25) is 0 Å². The van der Waals surface area contributed by atoms with Gasteiger partial charge in [-0.15, -0.1) is 0 Å². The van der Waals surface area contributed by atoms with Crippen LogP contribution in [0.15, 0.2) is 12.1 Å². The molecule has 18 heavy (non-hydrogen) atoms. The van der Waals surface area contributed by atoms with E-state index in [1.54, 1.807) is 7.11 Å². The van der Waals surface area contributed by atoms with Crippen molar-refractivity contribution in [3.05, 3.63) is 28.8 Å². The van der Waals surface area contributed by atoms with Crippen molar-refractivity contribution in [3.63, 3.8) is 0 Å². The monoisotopic (exact) mass is 248 g/mol. The Labute approximate surface area is 110 Å². The first-order valence-corrected chi connectivity index (χ1v) is 6.65. The summed E-state index contributed by atoms with van der Waals surface area (Å²) in [4.78, 5) is 0. The molecule has 0 amide bonds. The average Bonchev–Trinajstić information content (AvgIpc) is 2.97. The summed E-state index contributed by atoms with van der Waals surface area (Å²) in [5.41, 5.74) is 3.30. The number of aliphatic hydroxyl groups is 1. The van der Waals surface area contributed by atoms with Crippen LogP contribution in [0.25, 0.3) is 0 Å². The van der Waals surface area contributed by atoms with E-state index >= 15 is 0 Å². The summed E-state index contributed by atoms with van der Waals surface area (Å²) >= 11 is 0. The Kier molecular flexibility index (Phi) is 3.18. The van der Waals surface area contributed by atoms with Crippen LogP contribution in [0.2, 0.25) is 0 Å². The molecule has 100 valence electrons. The lowest BCUT2D eigenvalue weighted by Crippen LogP contribution is -2.16. The predicted octanol–water partition coefficient (Wildman–Crippen LogP) is 3.37. The molecule has 1 aromatic rings. The first-order valence-electron chi connectivity index (χ1n) is 6.65. The SMILES string of the molecule is COc1cc(C)c(CC2(O)CC2)cc1C(C)(C)C. The van der Waals surface area contributed by atoms with Crippen molar-refractivity contribution < 1.29 is 9.84 Å². The molecule has 1 aromatic carbocycles. The molecule has 2 heteroatoms. The third-order valence-electron chi connectivity index (χ3n) is 3.81. The smallest absolute Gasteiger partial charge is 0.122 e. The lowest BCUT2D eigenvalue weighted by molar-refractivity contribution is 0.150. The number of methoxy groups -OCH3 is 1. The predicted molar refractivity (Wildman–Crippen MR) is 74.3 cm³/mol. The van der Waals surface area contributed by atoms with Crippen LogP contribution in [-0.2, 0) is 11.8 Å². The maximum atomic E-state index is 10.1. The zero-order chi connectivity index (χ0) is 13.6. The Bertz CT molecular complexity index is 451. The minimum atomic E-state index is -0.436. The van der Waals surface area contributed by atoms with E-state index in [2.05, 4.69) is 39.8 Å². The molecule has 0 bridgehead atoms. The molecule has 0 saturated heterocycles. The van der Waals surface area contributed by atoms with Gasteiger partial charge in [0.1, 0.15) is 5.75 Å². The lowest BCUT2D eigenvalue weighted by Gasteiger charge is -2.24. The van der Waals surface area contributed by atoms with Gasteiger partial charge in [0.15, 0.2) is 0 Å². The van der Waals surface area contributed by atoms with Gasteiger partial charge < -0.3 is 9.84 Å². The van der Waals surface area contributed by atoms with Crippen molar-refractivity contribution in [1.82, 2.24) is 0 Å². The second-order valence-corrected chi connectivity index (χ2v) is 6.63. The number of ether oxygens (including phenoxy) is 1. The van der Waals surface area contributed by atoms with Crippen LogP contribution >= 0.6 is 0 Å². The molecule has 0 radical (unpaired) electrons. The second-order valence-electron chi connectivity index (χ2n) is 6.63. The summed E-state index contributed by atoms with van der Waals surface area (Å²) in [5, 5.41) is 10.1. The molecule has 0 spiro atoms. The van der Waals surface area contributed by atoms with Crippen LogP contribution in [0.1, 0.15) is 50.3 Å². The third-order valence-corrected chi connectivity index (χ3v) is 3.81. The molecule has 0 unspecified atom stereocenters. The van der Waals surface area contributed by atoms with Gasteiger partial charge in [0.2, 0.25) is 0 Å². The molecule has 0 heterocycles. The highest BCUT2D eigenvalue weighted by molar-refractivity contribution is 5.46. The largest absolute Gasteiger partial charge is 0.496 e. The quantitative estimate of drug-likeness (QED) is 0.888. The van der Waals surface area contributed by atoms with Crippen LogP contribution in [0.3, 0.4) is 0 Å². The molecule has 2 nitrogen and oxygen atoms in total. The summed E-state index contributed by atoms with van der Waals surface area (Å²) < 4.78 is 5.49. The summed E-state index contributed by atoms with van der Waals surface area (Å²) in [5.74, 6) is 0.950. The molecule has 1 fully saturated rings. The molecule has 1 aliphatic carbocycles. The Balaban J connectivity index is 2.42. The molecule has 0 aromatic heterocycles. The Morgan fingerprint density at radius 2 is 1.89 bits per heavy atom. The van der Waals surface area contributed by atoms with E-state index < -0.39 is 5.60 Å². The summed E-state index contributed by atoms with van der Waals surface area (Å²) in [7, 11) is 1.72. The lowest BCUT2D eigenvalue weighted by atomic mass is 9.83. The number of aryl methyl sites for hydroxylation is 1. The standard InChI is InChI=1S/C16H24O2/c1-11-8-14(18-5)13(15(2,3)4)9-12(11)10-16(17)6-7-16/h8-9,17H,6-7,10H2,1-5H3. The highest BCUT2D eigenvalue weighted by atomic mass is 16.5.